The molecule has 0 bridgehead atoms. The number of rotatable bonds is 4. The summed E-state index contributed by atoms with van der Waals surface area (Å²) in [4.78, 5) is 0. The van der Waals surface area contributed by atoms with Crippen LogP contribution in [0.1, 0.15) is 37.9 Å². The Kier molecular flexibility index (Phi) is 5.34. The fourth-order valence-electron chi connectivity index (χ4n) is 1.42. The van der Waals surface area contributed by atoms with E-state index in [-0.39, 0.29) is 6.61 Å². The molecule has 2 N–H and O–H groups in total. The molecule has 1 aromatic rings. The Balaban J connectivity index is 2.89. The zero-order valence-corrected chi connectivity index (χ0v) is 12.3. The van der Waals surface area contributed by atoms with Gasteiger partial charge in [0.1, 0.15) is 0 Å². The molecule has 0 fully saturated rings. The van der Waals surface area contributed by atoms with Gasteiger partial charge in [0.15, 0.2) is 0 Å². The van der Waals surface area contributed by atoms with Gasteiger partial charge in [-0.15, -0.1) is 0 Å². The van der Waals surface area contributed by atoms with Crippen LogP contribution in [0.4, 0.5) is 13.2 Å². The maximum atomic E-state index is 12.5. The van der Waals surface area contributed by atoms with Crippen LogP contribution in [0, 0.1) is 0 Å². The number of alkyl halides is 3. The van der Waals surface area contributed by atoms with Crippen molar-refractivity contribution in [1.82, 2.24) is 4.72 Å². The molecular weight excluding hydrogens is 291 g/mol. The molecule has 20 heavy (non-hydrogen) atoms. The van der Waals surface area contributed by atoms with Gasteiger partial charge in [-0.2, -0.15) is 13.2 Å². The van der Waals surface area contributed by atoms with Gasteiger partial charge in [0.05, 0.1) is 33.9 Å². The molecule has 0 saturated carbocycles. The van der Waals surface area contributed by atoms with E-state index in [1.807, 2.05) is 0 Å². The molecule has 0 spiro atoms. The Hall–Kier alpha value is -0.920. The van der Waals surface area contributed by atoms with Crippen LogP contribution in [0.15, 0.2) is 24.3 Å². The fraction of sp³-hybridized carbons (Fsp3) is 0.538. The summed E-state index contributed by atoms with van der Waals surface area (Å²) >= 11 is 0. The Bertz CT molecular complexity index is 466. The molecule has 114 valence electrons. The van der Waals surface area contributed by atoms with Crippen LogP contribution in [0.2, 0.25) is 0 Å². The van der Waals surface area contributed by atoms with Gasteiger partial charge >= 0.3 is 6.18 Å². The van der Waals surface area contributed by atoms with Crippen LogP contribution in [0.3, 0.4) is 0 Å². The Labute approximate surface area is 118 Å². The SMILES string of the molecule is CC(C)(C)[S@@](=O)N[C@H](CO)c1ccc(C(F)(F)F)cc1. The summed E-state index contributed by atoms with van der Waals surface area (Å²) in [5.74, 6) is 0. The Morgan fingerprint density at radius 2 is 1.70 bits per heavy atom. The van der Waals surface area contributed by atoms with E-state index >= 15 is 0 Å². The van der Waals surface area contributed by atoms with Crippen LogP contribution in [0.25, 0.3) is 0 Å². The highest BCUT2D eigenvalue weighted by atomic mass is 32.2. The second kappa shape index (κ2) is 6.24. The smallest absolute Gasteiger partial charge is 0.394 e. The predicted molar refractivity (Wildman–Crippen MR) is 72.3 cm³/mol. The average molecular weight is 309 g/mol. The van der Waals surface area contributed by atoms with E-state index in [1.165, 1.54) is 12.1 Å². The topological polar surface area (TPSA) is 49.3 Å². The van der Waals surface area contributed by atoms with Gasteiger partial charge in [-0.05, 0) is 38.5 Å². The van der Waals surface area contributed by atoms with Crippen LogP contribution < -0.4 is 4.72 Å². The zero-order valence-electron chi connectivity index (χ0n) is 11.5. The fourth-order valence-corrected chi connectivity index (χ4v) is 2.24. The van der Waals surface area contributed by atoms with Crippen molar-refractivity contribution < 1.29 is 22.5 Å². The van der Waals surface area contributed by atoms with Crippen molar-refractivity contribution in [3.05, 3.63) is 35.4 Å². The number of aliphatic hydroxyl groups is 1. The second-order valence-corrected chi connectivity index (χ2v) is 7.35. The lowest BCUT2D eigenvalue weighted by Crippen LogP contribution is -2.37. The van der Waals surface area contributed by atoms with Crippen molar-refractivity contribution in [3.63, 3.8) is 0 Å². The normalized spacial score (nSPS) is 15.9. The molecule has 1 aromatic carbocycles. The van der Waals surface area contributed by atoms with Gasteiger partial charge < -0.3 is 5.11 Å². The summed E-state index contributed by atoms with van der Waals surface area (Å²) in [5.41, 5.74) is -0.298. The summed E-state index contributed by atoms with van der Waals surface area (Å²) in [5, 5.41) is 9.30. The number of hydrogen-bond donors (Lipinski definition) is 2. The molecule has 0 radical (unpaired) electrons. The Morgan fingerprint density at radius 3 is 2.05 bits per heavy atom. The number of halogens is 3. The van der Waals surface area contributed by atoms with Crippen molar-refractivity contribution in [2.75, 3.05) is 6.61 Å². The van der Waals surface area contributed by atoms with Crippen molar-refractivity contribution in [3.8, 4) is 0 Å². The summed E-state index contributed by atoms with van der Waals surface area (Å²) in [7, 11) is -1.42. The molecule has 0 aliphatic carbocycles. The molecule has 0 unspecified atom stereocenters. The third-order valence-corrected chi connectivity index (χ3v) is 4.24. The van der Waals surface area contributed by atoms with Gasteiger partial charge in [-0.3, -0.25) is 0 Å². The van der Waals surface area contributed by atoms with Crippen molar-refractivity contribution in [2.24, 2.45) is 0 Å². The monoisotopic (exact) mass is 309 g/mol. The van der Waals surface area contributed by atoms with E-state index in [1.54, 1.807) is 20.8 Å². The van der Waals surface area contributed by atoms with Crippen molar-refractivity contribution in [1.29, 1.82) is 0 Å². The summed E-state index contributed by atoms with van der Waals surface area (Å²) in [6.07, 6.45) is -4.39. The predicted octanol–water partition coefficient (Wildman–Crippen LogP) is 2.79. The standard InChI is InChI=1S/C13H18F3NO2S/c1-12(2,3)20(19)17-11(8-18)9-4-6-10(7-5-9)13(14,15)16/h4-7,11,17-18H,8H2,1-3H3/t11-,20-/m1/s1. The largest absolute Gasteiger partial charge is 0.416 e. The number of benzene rings is 1. The third-order valence-electron chi connectivity index (χ3n) is 2.63. The molecule has 0 aromatic heterocycles. The van der Waals surface area contributed by atoms with Gasteiger partial charge in [0, 0.05) is 0 Å². The molecule has 0 amide bonds. The molecule has 2 atom stereocenters. The first-order valence-corrected chi connectivity index (χ1v) is 7.16. The minimum Gasteiger partial charge on any atom is -0.394 e. The van der Waals surface area contributed by atoms with Crippen LogP contribution in [-0.2, 0) is 17.2 Å². The van der Waals surface area contributed by atoms with Gasteiger partial charge in [-0.1, -0.05) is 12.1 Å². The highest BCUT2D eigenvalue weighted by Gasteiger charge is 2.30. The highest BCUT2D eigenvalue weighted by molar-refractivity contribution is 7.84. The van der Waals surface area contributed by atoms with Crippen molar-refractivity contribution >= 4 is 11.0 Å². The minimum absolute atomic E-state index is 0.354. The third kappa shape index (κ3) is 4.57. The highest BCUT2D eigenvalue weighted by Crippen LogP contribution is 2.30. The van der Waals surface area contributed by atoms with E-state index in [4.69, 9.17) is 0 Å². The summed E-state index contributed by atoms with van der Waals surface area (Å²) in [6, 6.07) is 3.77. The lowest BCUT2D eigenvalue weighted by Gasteiger charge is -2.23. The quantitative estimate of drug-likeness (QED) is 0.898. The molecule has 0 aliphatic rings. The van der Waals surface area contributed by atoms with E-state index in [0.29, 0.717) is 5.56 Å². The molecule has 0 aliphatic heterocycles. The molecule has 0 saturated heterocycles. The molecule has 7 heteroatoms. The van der Waals surface area contributed by atoms with E-state index in [2.05, 4.69) is 4.72 Å². The number of aliphatic hydroxyl groups excluding tert-OH is 1. The first-order valence-electron chi connectivity index (χ1n) is 6.02. The number of hydrogen-bond acceptors (Lipinski definition) is 2. The van der Waals surface area contributed by atoms with Crippen LogP contribution in [-0.4, -0.2) is 20.7 Å². The van der Waals surface area contributed by atoms with Gasteiger partial charge in [0.25, 0.3) is 0 Å². The molecule has 3 nitrogen and oxygen atoms in total. The first kappa shape index (κ1) is 17.1. The van der Waals surface area contributed by atoms with Crippen LogP contribution >= 0.6 is 0 Å². The van der Waals surface area contributed by atoms with Crippen LogP contribution in [0.5, 0.6) is 0 Å². The maximum absolute atomic E-state index is 12.5. The maximum Gasteiger partial charge on any atom is 0.416 e. The van der Waals surface area contributed by atoms with Gasteiger partial charge in [0.2, 0.25) is 0 Å². The summed E-state index contributed by atoms with van der Waals surface area (Å²) < 4.78 is 51.5. The summed E-state index contributed by atoms with van der Waals surface area (Å²) in [6.45, 7) is 4.93. The first-order chi connectivity index (χ1) is 9.05. The molecule has 1 rings (SSSR count). The lowest BCUT2D eigenvalue weighted by molar-refractivity contribution is -0.137. The molecular formula is C13H18F3NO2S. The van der Waals surface area contributed by atoms with Gasteiger partial charge in [-0.25, -0.2) is 8.93 Å². The second-order valence-electron chi connectivity index (χ2n) is 5.35. The van der Waals surface area contributed by atoms with E-state index in [0.717, 1.165) is 12.1 Å². The average Bonchev–Trinajstić information content (AvgIpc) is 2.33. The lowest BCUT2D eigenvalue weighted by atomic mass is 10.1. The molecule has 0 heterocycles. The number of nitrogens with one attached hydrogen (secondary N) is 1. The van der Waals surface area contributed by atoms with E-state index < -0.39 is 33.5 Å². The Morgan fingerprint density at radius 1 is 1.20 bits per heavy atom. The zero-order chi connectivity index (χ0) is 15.6. The van der Waals surface area contributed by atoms with Crippen molar-refractivity contribution in [2.45, 2.75) is 37.7 Å². The van der Waals surface area contributed by atoms with E-state index in [9.17, 15) is 22.5 Å². The minimum atomic E-state index is -4.39.